The molecule has 0 aromatic heterocycles. The normalized spacial score (nSPS) is 18.7. The maximum Gasteiger partial charge on any atom is 0.353 e. The van der Waals surface area contributed by atoms with Crippen molar-refractivity contribution in [2.45, 2.75) is 45.6 Å². The third-order valence-electron chi connectivity index (χ3n) is 3.13. The molecule has 3 nitrogen and oxygen atoms in total. The Balaban J connectivity index is 2.52. The van der Waals surface area contributed by atoms with E-state index in [0.29, 0.717) is 5.75 Å². The molecule has 1 saturated heterocycles. The summed E-state index contributed by atoms with van der Waals surface area (Å²) in [5.74, 6) is 0.620. The first-order valence-electron chi connectivity index (χ1n) is 5.99. The van der Waals surface area contributed by atoms with Crippen LogP contribution in [0.5, 0.6) is 5.75 Å². The molecule has 1 unspecified atom stereocenters. The summed E-state index contributed by atoms with van der Waals surface area (Å²) in [5, 5.41) is 10.2. The minimum atomic E-state index is -0.411. The summed E-state index contributed by atoms with van der Waals surface area (Å²) in [4.78, 5) is 11.0. The van der Waals surface area contributed by atoms with Gasteiger partial charge in [0.15, 0.2) is 0 Å². The molecule has 0 aliphatic carbocycles. The van der Waals surface area contributed by atoms with Gasteiger partial charge in [-0.3, -0.25) is 0 Å². The summed E-state index contributed by atoms with van der Waals surface area (Å²) in [5.41, 5.74) is 2.63. The van der Waals surface area contributed by atoms with Gasteiger partial charge in [0.2, 0.25) is 6.10 Å². The number of phenols is 1. The highest BCUT2D eigenvalue weighted by Gasteiger charge is 2.40. The van der Waals surface area contributed by atoms with Crippen LogP contribution >= 0.6 is 0 Å². The molecule has 1 aromatic carbocycles. The second-order valence-electron chi connectivity index (χ2n) is 5.17. The largest absolute Gasteiger partial charge is 0.507 e. The Morgan fingerprint density at radius 1 is 1.12 bits per heavy atom. The summed E-state index contributed by atoms with van der Waals surface area (Å²) in [6.07, 6.45) is -0.411. The van der Waals surface area contributed by atoms with E-state index in [9.17, 15) is 9.90 Å². The van der Waals surface area contributed by atoms with Crippen LogP contribution in [0.2, 0.25) is 0 Å². The number of carbonyl (C=O) groups is 1. The van der Waals surface area contributed by atoms with Crippen LogP contribution in [0.1, 0.15) is 62.3 Å². The lowest BCUT2D eigenvalue weighted by Gasteiger charge is -2.16. The van der Waals surface area contributed by atoms with Crippen LogP contribution < -0.4 is 0 Å². The Morgan fingerprint density at radius 3 is 1.82 bits per heavy atom. The Bertz CT molecular complexity index is 432. The lowest BCUT2D eigenvalue weighted by molar-refractivity contribution is -0.117. The van der Waals surface area contributed by atoms with Gasteiger partial charge in [0.1, 0.15) is 5.75 Å². The predicted octanol–water partition coefficient (Wildman–Crippen LogP) is 3.24. The maximum atomic E-state index is 11.0. The van der Waals surface area contributed by atoms with E-state index in [1.807, 2.05) is 39.8 Å². The number of epoxide rings is 1. The van der Waals surface area contributed by atoms with Crippen molar-refractivity contribution in [3.8, 4) is 5.75 Å². The molecule has 17 heavy (non-hydrogen) atoms. The van der Waals surface area contributed by atoms with Gasteiger partial charge >= 0.3 is 5.97 Å². The minimum absolute atomic E-state index is 0.180. The molecule has 1 aliphatic rings. The number of rotatable bonds is 3. The zero-order valence-electron chi connectivity index (χ0n) is 10.7. The van der Waals surface area contributed by atoms with Gasteiger partial charge in [0.25, 0.3) is 0 Å². The van der Waals surface area contributed by atoms with Gasteiger partial charge in [-0.05, 0) is 35.1 Å². The van der Waals surface area contributed by atoms with E-state index >= 15 is 0 Å². The molecule has 92 valence electrons. The monoisotopic (exact) mass is 234 g/mol. The van der Waals surface area contributed by atoms with E-state index in [2.05, 4.69) is 0 Å². The van der Waals surface area contributed by atoms with Gasteiger partial charge in [-0.15, -0.1) is 0 Å². The highest BCUT2D eigenvalue weighted by molar-refractivity contribution is 5.89. The smallest absolute Gasteiger partial charge is 0.353 e. The van der Waals surface area contributed by atoms with Gasteiger partial charge in [-0.25, -0.2) is 4.79 Å². The number of carbonyl (C=O) groups excluding carboxylic acids is 1. The van der Waals surface area contributed by atoms with E-state index < -0.39 is 6.10 Å². The first-order chi connectivity index (χ1) is 7.91. The zero-order valence-corrected chi connectivity index (χ0v) is 10.7. The number of phenolic OH excluding ortho intramolecular Hbond substituents is 1. The van der Waals surface area contributed by atoms with Gasteiger partial charge in [0, 0.05) is 5.56 Å². The van der Waals surface area contributed by atoms with E-state index in [-0.39, 0.29) is 17.8 Å². The average molecular weight is 234 g/mol. The van der Waals surface area contributed by atoms with Crippen molar-refractivity contribution in [2.75, 3.05) is 0 Å². The molecular formula is C14H18O3. The average Bonchev–Trinajstić information content (AvgIpc) is 2.95. The molecule has 0 bridgehead atoms. The van der Waals surface area contributed by atoms with Crippen LogP contribution in [0.25, 0.3) is 0 Å². The van der Waals surface area contributed by atoms with Crippen LogP contribution in [-0.2, 0) is 9.53 Å². The Labute approximate surface area is 101 Å². The Morgan fingerprint density at radius 2 is 1.53 bits per heavy atom. The van der Waals surface area contributed by atoms with Crippen LogP contribution in [0.3, 0.4) is 0 Å². The number of cyclic esters (lactones) is 1. The molecule has 1 atom stereocenters. The van der Waals surface area contributed by atoms with Crippen molar-refractivity contribution < 1.29 is 14.6 Å². The summed E-state index contributed by atoms with van der Waals surface area (Å²) < 4.78 is 4.89. The van der Waals surface area contributed by atoms with Gasteiger partial charge < -0.3 is 9.84 Å². The van der Waals surface area contributed by atoms with E-state index in [4.69, 9.17) is 4.74 Å². The Kier molecular flexibility index (Phi) is 2.86. The van der Waals surface area contributed by atoms with Crippen molar-refractivity contribution >= 4 is 5.97 Å². The van der Waals surface area contributed by atoms with Crippen molar-refractivity contribution in [3.63, 3.8) is 0 Å². The minimum Gasteiger partial charge on any atom is -0.507 e. The van der Waals surface area contributed by atoms with Crippen molar-refractivity contribution in [2.24, 2.45) is 0 Å². The lowest BCUT2D eigenvalue weighted by atomic mass is 9.91. The van der Waals surface area contributed by atoms with Crippen LogP contribution in [0, 0.1) is 0 Å². The van der Waals surface area contributed by atoms with Crippen LogP contribution in [0.15, 0.2) is 12.1 Å². The predicted molar refractivity (Wildman–Crippen MR) is 65.1 cm³/mol. The van der Waals surface area contributed by atoms with Gasteiger partial charge in [0.05, 0.1) is 0 Å². The van der Waals surface area contributed by atoms with Gasteiger partial charge in [-0.2, -0.15) is 0 Å². The van der Waals surface area contributed by atoms with Crippen molar-refractivity contribution in [1.82, 2.24) is 0 Å². The summed E-state index contributed by atoms with van der Waals surface area (Å²) >= 11 is 0. The number of benzene rings is 1. The first kappa shape index (κ1) is 12.0. The van der Waals surface area contributed by atoms with Crippen molar-refractivity contribution in [1.29, 1.82) is 0 Å². The second-order valence-corrected chi connectivity index (χ2v) is 5.17. The molecule has 1 aliphatic heterocycles. The SMILES string of the molecule is CC(C)c1cc(C2OC2=O)cc(C(C)C)c1O. The summed E-state index contributed by atoms with van der Waals surface area (Å²) in [7, 11) is 0. The molecule has 1 N–H and O–H groups in total. The number of hydrogen-bond acceptors (Lipinski definition) is 3. The zero-order chi connectivity index (χ0) is 12.7. The van der Waals surface area contributed by atoms with Crippen LogP contribution in [-0.4, -0.2) is 11.1 Å². The van der Waals surface area contributed by atoms with E-state index in [1.165, 1.54) is 0 Å². The number of ether oxygens (including phenoxy) is 1. The topological polar surface area (TPSA) is 49.8 Å². The third-order valence-corrected chi connectivity index (χ3v) is 3.13. The highest BCUT2D eigenvalue weighted by Crippen LogP contribution is 2.40. The summed E-state index contributed by atoms with van der Waals surface area (Å²) in [6.45, 7) is 8.11. The second kappa shape index (κ2) is 4.06. The van der Waals surface area contributed by atoms with Gasteiger partial charge in [-0.1, -0.05) is 27.7 Å². The fourth-order valence-corrected chi connectivity index (χ4v) is 2.02. The van der Waals surface area contributed by atoms with E-state index in [0.717, 1.165) is 16.7 Å². The van der Waals surface area contributed by atoms with E-state index in [1.54, 1.807) is 0 Å². The Hall–Kier alpha value is -1.51. The highest BCUT2D eigenvalue weighted by atomic mass is 16.6. The van der Waals surface area contributed by atoms with Crippen molar-refractivity contribution in [3.05, 3.63) is 28.8 Å². The first-order valence-corrected chi connectivity index (χ1v) is 5.99. The standard InChI is InChI=1S/C14H18O3/c1-7(2)10-5-9(13-14(16)17-13)6-11(8(3)4)12(10)15/h5-8,13,15H,1-4H3. The fraction of sp³-hybridized carbons (Fsp3) is 0.500. The number of aromatic hydroxyl groups is 1. The molecular weight excluding hydrogens is 216 g/mol. The number of hydrogen-bond donors (Lipinski definition) is 1. The molecule has 3 heteroatoms. The molecule has 0 spiro atoms. The molecule has 1 heterocycles. The maximum absolute atomic E-state index is 11.0. The molecule has 0 radical (unpaired) electrons. The molecule has 2 rings (SSSR count). The fourth-order valence-electron chi connectivity index (χ4n) is 2.02. The van der Waals surface area contributed by atoms with Crippen LogP contribution in [0.4, 0.5) is 0 Å². The molecule has 0 saturated carbocycles. The molecule has 0 amide bonds. The molecule has 1 fully saturated rings. The third kappa shape index (κ3) is 2.14. The quantitative estimate of drug-likeness (QED) is 0.817. The lowest BCUT2D eigenvalue weighted by Crippen LogP contribution is -1.98. The molecule has 1 aromatic rings. The summed E-state index contributed by atoms with van der Waals surface area (Å²) in [6, 6.07) is 3.75.